The van der Waals surface area contributed by atoms with Gasteiger partial charge in [0.15, 0.2) is 0 Å². The van der Waals surface area contributed by atoms with Crippen LogP contribution in [0.5, 0.6) is 0 Å². The Bertz CT molecular complexity index is 1230. The first kappa shape index (κ1) is 32.1. The van der Waals surface area contributed by atoms with Crippen molar-refractivity contribution in [2.24, 2.45) is 11.5 Å². The molecule has 0 radical (unpaired) electrons. The predicted molar refractivity (Wildman–Crippen MR) is 147 cm³/mol. The van der Waals surface area contributed by atoms with E-state index in [2.05, 4.69) is 20.9 Å². The zero-order valence-electron chi connectivity index (χ0n) is 21.8. The van der Waals surface area contributed by atoms with E-state index in [1.165, 1.54) is 11.8 Å². The minimum atomic E-state index is -1.44. The van der Waals surface area contributed by atoms with Crippen molar-refractivity contribution >= 4 is 58.2 Å². The van der Waals surface area contributed by atoms with Gasteiger partial charge in [0.1, 0.15) is 18.1 Å². The van der Waals surface area contributed by atoms with Gasteiger partial charge in [-0.3, -0.25) is 24.0 Å². The van der Waals surface area contributed by atoms with Crippen LogP contribution in [0.1, 0.15) is 31.2 Å². The van der Waals surface area contributed by atoms with Crippen LogP contribution in [0.3, 0.4) is 0 Å². The molecule has 0 bridgehead atoms. The monoisotopic (exact) mass is 578 g/mol. The van der Waals surface area contributed by atoms with E-state index in [1.54, 1.807) is 18.5 Å². The van der Waals surface area contributed by atoms with Gasteiger partial charge < -0.3 is 42.6 Å². The van der Waals surface area contributed by atoms with Gasteiger partial charge in [0.25, 0.3) is 0 Å². The number of hydrogen-bond acceptors (Lipinski definition) is 8. The number of nitrogens with one attached hydrogen (secondary N) is 4. The van der Waals surface area contributed by atoms with E-state index in [4.69, 9.17) is 16.6 Å². The number of rotatable bonds is 17. The minimum Gasteiger partial charge on any atom is -0.481 e. The number of thioether (sulfide) groups is 1. The van der Waals surface area contributed by atoms with E-state index in [0.717, 1.165) is 10.9 Å². The molecule has 1 aromatic heterocycles. The van der Waals surface area contributed by atoms with Gasteiger partial charge in [-0.1, -0.05) is 18.2 Å². The van der Waals surface area contributed by atoms with Crippen molar-refractivity contribution in [2.75, 3.05) is 12.0 Å². The van der Waals surface area contributed by atoms with Crippen molar-refractivity contribution in [1.29, 1.82) is 0 Å². The van der Waals surface area contributed by atoms with Gasteiger partial charge in [0.2, 0.25) is 23.6 Å². The molecular weight excluding hydrogens is 544 g/mol. The molecule has 0 aliphatic carbocycles. The van der Waals surface area contributed by atoms with Crippen molar-refractivity contribution in [2.45, 2.75) is 56.3 Å². The Morgan fingerprint density at radius 1 is 0.925 bits per heavy atom. The topological polar surface area (TPSA) is 247 Å². The molecule has 1 aromatic carbocycles. The van der Waals surface area contributed by atoms with Gasteiger partial charge in [-0.05, 0) is 36.5 Å². The van der Waals surface area contributed by atoms with Crippen LogP contribution in [0.15, 0.2) is 30.5 Å². The first-order chi connectivity index (χ1) is 18.9. The molecule has 2 aromatic rings. The number of para-hydroxylation sites is 1. The lowest BCUT2D eigenvalue weighted by Gasteiger charge is -2.25. The first-order valence-corrected chi connectivity index (χ1v) is 13.8. The normalized spacial score (nSPS) is 13.9. The molecule has 0 aliphatic rings. The summed E-state index contributed by atoms with van der Waals surface area (Å²) in [7, 11) is 0. The van der Waals surface area contributed by atoms with Crippen molar-refractivity contribution in [3.63, 3.8) is 0 Å². The number of carboxylic acid groups (broad SMARTS) is 2. The second-order valence-electron chi connectivity index (χ2n) is 9.08. The Kier molecular flexibility index (Phi) is 12.4. The zero-order valence-corrected chi connectivity index (χ0v) is 22.7. The molecule has 0 fully saturated rings. The second kappa shape index (κ2) is 15.5. The van der Waals surface area contributed by atoms with Gasteiger partial charge in [0, 0.05) is 29.9 Å². The number of H-pyrrole nitrogens is 1. The highest BCUT2D eigenvalue weighted by molar-refractivity contribution is 7.98. The zero-order chi connectivity index (χ0) is 29.8. The number of carbonyl (C=O) groups excluding carboxylic acids is 4. The lowest BCUT2D eigenvalue weighted by Crippen LogP contribution is -2.57. The fraction of sp³-hybridized carbons (Fsp3) is 0.440. The van der Waals surface area contributed by atoms with Crippen molar-refractivity contribution < 1.29 is 39.0 Å². The maximum atomic E-state index is 13.3. The molecule has 15 heteroatoms. The SMILES string of the molecule is CSCCC(NC(=O)C(N)CC(=O)O)C(=O)NC(Cc1c[nH]c2ccccc12)C(=O)NC(CCC(N)=O)C(=O)O. The third-order valence-electron chi connectivity index (χ3n) is 6.00. The van der Waals surface area contributed by atoms with Gasteiger partial charge in [-0.25, -0.2) is 4.79 Å². The number of nitrogens with two attached hydrogens (primary N) is 2. The number of carbonyl (C=O) groups is 6. The highest BCUT2D eigenvalue weighted by Crippen LogP contribution is 2.19. The van der Waals surface area contributed by atoms with E-state index in [9.17, 15) is 33.9 Å². The molecule has 2 rings (SSSR count). The summed E-state index contributed by atoms with van der Waals surface area (Å²) in [5.41, 5.74) is 12.2. The van der Waals surface area contributed by atoms with Crippen LogP contribution in [0.25, 0.3) is 10.9 Å². The fourth-order valence-corrected chi connectivity index (χ4v) is 4.35. The Morgan fingerprint density at radius 2 is 1.55 bits per heavy atom. The molecule has 0 aliphatic heterocycles. The molecule has 4 atom stereocenters. The summed E-state index contributed by atoms with van der Waals surface area (Å²) in [6.07, 6.45) is 2.39. The van der Waals surface area contributed by atoms with Crippen LogP contribution in [-0.2, 0) is 35.2 Å². The molecule has 0 spiro atoms. The Morgan fingerprint density at radius 3 is 2.17 bits per heavy atom. The Balaban J connectivity index is 2.31. The molecule has 0 saturated carbocycles. The number of aliphatic carboxylic acids is 2. The summed E-state index contributed by atoms with van der Waals surface area (Å²) in [6.45, 7) is 0. The summed E-state index contributed by atoms with van der Waals surface area (Å²) in [6, 6.07) is 2.00. The van der Waals surface area contributed by atoms with E-state index < -0.39 is 66.2 Å². The summed E-state index contributed by atoms with van der Waals surface area (Å²) in [5.74, 6) is -5.38. The standard InChI is InChI=1S/C25H34N6O8S/c1-40-9-8-17(29-22(35)15(26)11-21(33)34)23(36)31-19(10-13-12-28-16-5-3-2-4-14(13)16)24(37)30-18(25(38)39)6-7-20(27)32/h2-5,12,15,17-19,28H,6-11,26H2,1H3,(H2,27,32)(H,29,35)(H,30,37)(H,31,36)(H,33,34)(H,38,39). The maximum absolute atomic E-state index is 13.3. The molecule has 14 nitrogen and oxygen atoms in total. The van der Waals surface area contributed by atoms with Crippen molar-refractivity contribution in [3.05, 3.63) is 36.0 Å². The van der Waals surface area contributed by atoms with Crippen LogP contribution in [0, 0.1) is 0 Å². The molecule has 10 N–H and O–H groups in total. The highest BCUT2D eigenvalue weighted by Gasteiger charge is 2.31. The fourth-order valence-electron chi connectivity index (χ4n) is 3.88. The molecule has 4 amide bonds. The smallest absolute Gasteiger partial charge is 0.326 e. The van der Waals surface area contributed by atoms with E-state index >= 15 is 0 Å². The second-order valence-corrected chi connectivity index (χ2v) is 10.1. The van der Waals surface area contributed by atoms with Gasteiger partial charge in [0.05, 0.1) is 12.5 Å². The van der Waals surface area contributed by atoms with Crippen molar-refractivity contribution in [3.8, 4) is 0 Å². The van der Waals surface area contributed by atoms with Crippen molar-refractivity contribution in [1.82, 2.24) is 20.9 Å². The van der Waals surface area contributed by atoms with E-state index in [0.29, 0.717) is 11.3 Å². The molecule has 4 unspecified atom stereocenters. The van der Waals surface area contributed by atoms with Gasteiger partial charge in [-0.2, -0.15) is 11.8 Å². The number of fused-ring (bicyclic) bond motifs is 1. The predicted octanol–water partition coefficient (Wildman–Crippen LogP) is -0.930. The lowest BCUT2D eigenvalue weighted by atomic mass is 10.0. The molecule has 0 saturated heterocycles. The van der Waals surface area contributed by atoms with E-state index in [1.807, 2.05) is 18.2 Å². The number of carboxylic acids is 2. The van der Waals surface area contributed by atoms with Crippen LogP contribution < -0.4 is 27.4 Å². The Labute approximate surface area is 234 Å². The number of primary amides is 1. The van der Waals surface area contributed by atoms with Crippen LogP contribution in [-0.4, -0.2) is 86.9 Å². The van der Waals surface area contributed by atoms with Crippen LogP contribution >= 0.6 is 11.8 Å². The number of amides is 4. The molecular formula is C25H34N6O8S. The molecule has 40 heavy (non-hydrogen) atoms. The Hall–Kier alpha value is -4.11. The summed E-state index contributed by atoms with van der Waals surface area (Å²) in [5, 5.41) is 26.6. The molecule has 218 valence electrons. The van der Waals surface area contributed by atoms with Crippen LogP contribution in [0.4, 0.5) is 0 Å². The lowest BCUT2D eigenvalue weighted by molar-refractivity contribution is -0.142. The third-order valence-corrected chi connectivity index (χ3v) is 6.64. The number of hydrogen-bond donors (Lipinski definition) is 8. The first-order valence-electron chi connectivity index (χ1n) is 12.4. The van der Waals surface area contributed by atoms with Gasteiger partial charge >= 0.3 is 11.9 Å². The summed E-state index contributed by atoms with van der Waals surface area (Å²) in [4.78, 5) is 75.9. The highest BCUT2D eigenvalue weighted by atomic mass is 32.2. The minimum absolute atomic E-state index is 0.0362. The number of aromatic nitrogens is 1. The third kappa shape index (κ3) is 9.89. The quantitative estimate of drug-likeness (QED) is 0.114. The summed E-state index contributed by atoms with van der Waals surface area (Å²) >= 11 is 1.40. The summed E-state index contributed by atoms with van der Waals surface area (Å²) < 4.78 is 0. The molecule has 1 heterocycles. The number of benzene rings is 1. The average Bonchev–Trinajstić information content (AvgIpc) is 3.30. The largest absolute Gasteiger partial charge is 0.481 e. The average molecular weight is 579 g/mol. The van der Waals surface area contributed by atoms with Gasteiger partial charge in [-0.15, -0.1) is 0 Å². The maximum Gasteiger partial charge on any atom is 0.326 e. The number of aromatic amines is 1. The van der Waals surface area contributed by atoms with E-state index in [-0.39, 0.29) is 25.7 Å². The van der Waals surface area contributed by atoms with Crippen LogP contribution in [0.2, 0.25) is 0 Å².